The molecule has 18 heavy (non-hydrogen) atoms. The van der Waals surface area contributed by atoms with Crippen LogP contribution in [-0.4, -0.2) is 39.9 Å². The van der Waals surface area contributed by atoms with Gasteiger partial charge in [0, 0.05) is 25.0 Å². The van der Waals surface area contributed by atoms with Crippen LogP contribution in [0, 0.1) is 10.1 Å². The maximum Gasteiger partial charge on any atom is 0.293 e. The van der Waals surface area contributed by atoms with Gasteiger partial charge in [-0.05, 0) is 13.0 Å². The van der Waals surface area contributed by atoms with Crippen LogP contribution in [0.5, 0.6) is 0 Å². The fourth-order valence-electron chi connectivity index (χ4n) is 1.91. The Balaban J connectivity index is 2.51. The number of H-pyrrole nitrogens is 1. The van der Waals surface area contributed by atoms with Gasteiger partial charge in [-0.2, -0.15) is 5.10 Å². The Morgan fingerprint density at radius 3 is 2.94 bits per heavy atom. The van der Waals surface area contributed by atoms with E-state index in [-0.39, 0.29) is 5.69 Å². The molecule has 1 aromatic carbocycles. The summed E-state index contributed by atoms with van der Waals surface area (Å²) in [5, 5.41) is 27.7. The first-order valence-electron chi connectivity index (χ1n) is 5.49. The minimum absolute atomic E-state index is 0.00653. The highest BCUT2D eigenvalue weighted by Crippen LogP contribution is 2.31. The number of nitro groups is 1. The van der Waals surface area contributed by atoms with Crippen LogP contribution in [0.1, 0.15) is 6.92 Å². The monoisotopic (exact) mass is 250 g/mol. The number of benzene rings is 1. The summed E-state index contributed by atoms with van der Waals surface area (Å²) in [5.74, 6) is 0. The van der Waals surface area contributed by atoms with E-state index >= 15 is 0 Å². The van der Waals surface area contributed by atoms with Crippen molar-refractivity contribution >= 4 is 22.3 Å². The maximum absolute atomic E-state index is 11.1. The molecular weight excluding hydrogens is 236 g/mol. The summed E-state index contributed by atoms with van der Waals surface area (Å²) in [6.07, 6.45) is 0.980. The van der Waals surface area contributed by atoms with E-state index in [0.29, 0.717) is 17.6 Å². The zero-order valence-electron chi connectivity index (χ0n) is 10.1. The van der Waals surface area contributed by atoms with Gasteiger partial charge in [-0.15, -0.1) is 0 Å². The second kappa shape index (κ2) is 4.61. The van der Waals surface area contributed by atoms with Crippen molar-refractivity contribution in [3.63, 3.8) is 0 Å². The molecule has 0 bridgehead atoms. The first-order valence-corrected chi connectivity index (χ1v) is 5.49. The number of aliphatic hydroxyl groups is 1. The quantitative estimate of drug-likeness (QED) is 0.629. The minimum atomic E-state index is -0.563. The molecule has 1 atom stereocenters. The number of fused-ring (bicyclic) bond motifs is 1. The largest absolute Gasteiger partial charge is 0.392 e. The van der Waals surface area contributed by atoms with Crippen molar-refractivity contribution in [2.24, 2.45) is 0 Å². The molecular formula is C11H14N4O3. The van der Waals surface area contributed by atoms with E-state index in [1.165, 1.54) is 6.07 Å². The zero-order chi connectivity index (χ0) is 13.3. The molecule has 0 fully saturated rings. The van der Waals surface area contributed by atoms with E-state index < -0.39 is 11.0 Å². The van der Waals surface area contributed by atoms with E-state index in [1.54, 1.807) is 31.1 Å². The van der Waals surface area contributed by atoms with E-state index in [9.17, 15) is 15.2 Å². The summed E-state index contributed by atoms with van der Waals surface area (Å²) in [6, 6.07) is 3.15. The average molecular weight is 250 g/mol. The van der Waals surface area contributed by atoms with Crippen molar-refractivity contribution in [2.45, 2.75) is 13.0 Å². The smallest absolute Gasteiger partial charge is 0.293 e. The van der Waals surface area contributed by atoms with Crippen molar-refractivity contribution in [3.8, 4) is 0 Å². The van der Waals surface area contributed by atoms with Gasteiger partial charge in [-0.25, -0.2) is 0 Å². The molecule has 2 rings (SSSR count). The molecule has 2 N–H and O–H groups in total. The van der Waals surface area contributed by atoms with Crippen molar-refractivity contribution < 1.29 is 10.0 Å². The lowest BCUT2D eigenvalue weighted by molar-refractivity contribution is -0.384. The van der Waals surface area contributed by atoms with Crippen molar-refractivity contribution in [1.29, 1.82) is 0 Å². The molecule has 0 saturated heterocycles. The van der Waals surface area contributed by atoms with Gasteiger partial charge in [0.25, 0.3) is 5.69 Å². The molecule has 0 spiro atoms. The van der Waals surface area contributed by atoms with Crippen molar-refractivity contribution in [1.82, 2.24) is 10.2 Å². The predicted molar refractivity (Wildman–Crippen MR) is 67.7 cm³/mol. The number of nitrogens with one attached hydrogen (secondary N) is 1. The summed E-state index contributed by atoms with van der Waals surface area (Å²) in [5.41, 5.74) is 1.19. The summed E-state index contributed by atoms with van der Waals surface area (Å²) in [7, 11) is 1.71. The molecule has 1 aromatic heterocycles. The maximum atomic E-state index is 11.1. The molecule has 1 unspecified atom stereocenters. The highest BCUT2D eigenvalue weighted by molar-refractivity contribution is 5.87. The topological polar surface area (TPSA) is 95.3 Å². The van der Waals surface area contributed by atoms with Crippen LogP contribution in [0.25, 0.3) is 10.9 Å². The van der Waals surface area contributed by atoms with Crippen LogP contribution in [0.4, 0.5) is 11.4 Å². The number of hydrogen-bond donors (Lipinski definition) is 2. The molecule has 0 aliphatic carbocycles. The zero-order valence-corrected chi connectivity index (χ0v) is 10.1. The number of aromatic nitrogens is 2. The van der Waals surface area contributed by atoms with Gasteiger partial charge in [-0.1, -0.05) is 0 Å². The van der Waals surface area contributed by atoms with Crippen LogP contribution in [-0.2, 0) is 0 Å². The fraction of sp³-hybridized carbons (Fsp3) is 0.364. The third-order valence-corrected chi connectivity index (χ3v) is 2.68. The predicted octanol–water partition coefficient (Wildman–Crippen LogP) is 1.29. The van der Waals surface area contributed by atoms with Crippen LogP contribution in [0.15, 0.2) is 18.3 Å². The van der Waals surface area contributed by atoms with Gasteiger partial charge in [0.2, 0.25) is 0 Å². The number of aromatic amines is 1. The lowest BCUT2D eigenvalue weighted by Gasteiger charge is -2.20. The molecule has 7 heteroatoms. The highest BCUT2D eigenvalue weighted by Gasteiger charge is 2.19. The molecule has 96 valence electrons. The molecule has 1 heterocycles. The Bertz CT molecular complexity index is 579. The van der Waals surface area contributed by atoms with Crippen LogP contribution in [0.3, 0.4) is 0 Å². The van der Waals surface area contributed by atoms with Crippen molar-refractivity contribution in [3.05, 3.63) is 28.4 Å². The van der Waals surface area contributed by atoms with Crippen molar-refractivity contribution in [2.75, 3.05) is 18.5 Å². The Hall–Kier alpha value is -2.15. The Labute approximate surface area is 103 Å². The average Bonchev–Trinajstić information content (AvgIpc) is 2.72. The van der Waals surface area contributed by atoms with Gasteiger partial charge in [0.1, 0.15) is 5.69 Å². The standard InChI is InChI=1S/C11H14N4O3/c1-7(16)6-14(2)10-4-9-8(5-12-13-9)3-11(10)15(17)18/h3-5,7,16H,6H2,1-2H3,(H,12,13). The van der Waals surface area contributed by atoms with E-state index in [0.717, 1.165) is 5.52 Å². The lowest BCUT2D eigenvalue weighted by atomic mass is 10.2. The normalized spacial score (nSPS) is 12.6. The molecule has 2 aromatic rings. The van der Waals surface area contributed by atoms with Gasteiger partial charge in [-0.3, -0.25) is 15.2 Å². The van der Waals surface area contributed by atoms with E-state index in [1.807, 2.05) is 0 Å². The van der Waals surface area contributed by atoms with Gasteiger partial charge in [0.05, 0.1) is 22.7 Å². The van der Waals surface area contributed by atoms with Gasteiger partial charge >= 0.3 is 0 Å². The summed E-state index contributed by atoms with van der Waals surface area (Å²) in [4.78, 5) is 12.3. The molecule has 0 radical (unpaired) electrons. The molecule has 7 nitrogen and oxygen atoms in total. The number of hydrogen-bond acceptors (Lipinski definition) is 5. The van der Waals surface area contributed by atoms with Gasteiger partial charge in [0.15, 0.2) is 0 Å². The summed E-state index contributed by atoms with van der Waals surface area (Å²) < 4.78 is 0. The van der Waals surface area contributed by atoms with Crippen LogP contribution in [0.2, 0.25) is 0 Å². The van der Waals surface area contributed by atoms with Crippen LogP contribution >= 0.6 is 0 Å². The van der Waals surface area contributed by atoms with Gasteiger partial charge < -0.3 is 10.0 Å². The Morgan fingerprint density at radius 1 is 1.61 bits per heavy atom. The molecule has 0 amide bonds. The third kappa shape index (κ3) is 2.25. The first kappa shape index (κ1) is 12.3. The second-order valence-corrected chi connectivity index (χ2v) is 4.28. The Morgan fingerprint density at radius 2 is 2.33 bits per heavy atom. The second-order valence-electron chi connectivity index (χ2n) is 4.28. The Kier molecular flexibility index (Phi) is 3.15. The number of likely N-dealkylation sites (N-methyl/N-ethyl adjacent to an activating group) is 1. The van der Waals surface area contributed by atoms with E-state index in [4.69, 9.17) is 0 Å². The summed E-state index contributed by atoms with van der Waals surface area (Å²) >= 11 is 0. The molecule has 0 aliphatic rings. The van der Waals surface area contributed by atoms with Crippen LogP contribution < -0.4 is 4.90 Å². The molecule has 0 saturated carbocycles. The number of nitrogens with zero attached hydrogens (tertiary/aromatic N) is 3. The number of anilines is 1. The summed E-state index contributed by atoms with van der Waals surface area (Å²) in [6.45, 7) is 1.96. The number of nitro benzene ring substituents is 1. The first-order chi connectivity index (χ1) is 8.49. The minimum Gasteiger partial charge on any atom is -0.392 e. The molecule has 0 aliphatic heterocycles. The highest BCUT2D eigenvalue weighted by atomic mass is 16.6. The van der Waals surface area contributed by atoms with E-state index in [2.05, 4.69) is 10.2 Å². The number of rotatable bonds is 4. The SMILES string of the molecule is CC(O)CN(C)c1cc2[nH]ncc2cc1[N+](=O)[O-]. The lowest BCUT2D eigenvalue weighted by Crippen LogP contribution is -2.27. The third-order valence-electron chi connectivity index (χ3n) is 2.68. The fourth-order valence-corrected chi connectivity index (χ4v) is 1.91. The number of aliphatic hydroxyl groups excluding tert-OH is 1.